The number of β-amino-alcohol motifs (C(OH)–C–C–N with tert-alkyl or cyclic N) is 1. The fourth-order valence-electron chi connectivity index (χ4n) is 3.67. The first kappa shape index (κ1) is 17.7. The highest BCUT2D eigenvalue weighted by molar-refractivity contribution is 5.86. The van der Waals surface area contributed by atoms with Gasteiger partial charge >= 0.3 is 0 Å². The lowest BCUT2D eigenvalue weighted by atomic mass is 9.86. The first-order valence-corrected chi connectivity index (χ1v) is 9.07. The molecule has 2 aliphatic rings. The van der Waals surface area contributed by atoms with Crippen molar-refractivity contribution in [3.05, 3.63) is 0 Å². The van der Waals surface area contributed by atoms with Crippen molar-refractivity contribution in [1.82, 2.24) is 10.2 Å². The van der Waals surface area contributed by atoms with Gasteiger partial charge in [0.15, 0.2) is 5.60 Å². The summed E-state index contributed by atoms with van der Waals surface area (Å²) in [6.07, 6.45) is 9.28. The van der Waals surface area contributed by atoms with Crippen LogP contribution in [0, 0.1) is 5.92 Å². The van der Waals surface area contributed by atoms with Gasteiger partial charge in [0.05, 0.1) is 0 Å². The zero-order chi connectivity index (χ0) is 16.2. The zero-order valence-electron chi connectivity index (χ0n) is 14.7. The van der Waals surface area contributed by atoms with Crippen molar-refractivity contribution in [1.29, 1.82) is 0 Å². The third kappa shape index (κ3) is 4.95. The van der Waals surface area contributed by atoms with Gasteiger partial charge in [0.1, 0.15) is 0 Å². The fraction of sp³-hybridized carbons (Fsp3) is 0.944. The molecule has 4 heteroatoms. The van der Waals surface area contributed by atoms with Crippen LogP contribution in [-0.2, 0) is 4.79 Å². The zero-order valence-corrected chi connectivity index (χ0v) is 14.7. The van der Waals surface area contributed by atoms with Gasteiger partial charge in [-0.25, -0.2) is 0 Å². The molecule has 2 N–H and O–H groups in total. The van der Waals surface area contributed by atoms with E-state index in [1.807, 2.05) is 4.90 Å². The largest absolute Gasteiger partial charge is 0.379 e. The quantitative estimate of drug-likeness (QED) is 0.821. The summed E-state index contributed by atoms with van der Waals surface area (Å²) in [6, 6.07) is 0. The van der Waals surface area contributed by atoms with Gasteiger partial charge in [0.25, 0.3) is 5.91 Å². The number of hydrogen-bond donors (Lipinski definition) is 2. The molecule has 1 amide bonds. The number of carbonyl (C=O) groups excluding carboxylic acids is 1. The SMILES string of the molecule is CC(C)(C)NC[C@@]1(O)CCCN(CCC2CCCCC2)C1=O. The molecule has 1 heterocycles. The first-order chi connectivity index (χ1) is 10.3. The molecule has 0 unspecified atom stereocenters. The van der Waals surface area contributed by atoms with Crippen LogP contribution in [0.15, 0.2) is 0 Å². The lowest BCUT2D eigenvalue weighted by Gasteiger charge is -2.40. The molecule has 1 aliphatic carbocycles. The van der Waals surface area contributed by atoms with Crippen molar-refractivity contribution in [2.24, 2.45) is 5.92 Å². The van der Waals surface area contributed by atoms with E-state index in [9.17, 15) is 9.90 Å². The van der Waals surface area contributed by atoms with Crippen LogP contribution in [-0.4, -0.2) is 46.7 Å². The summed E-state index contributed by atoms with van der Waals surface area (Å²) in [4.78, 5) is 14.6. The van der Waals surface area contributed by atoms with Gasteiger partial charge in [-0.05, 0) is 46.0 Å². The molecule has 22 heavy (non-hydrogen) atoms. The van der Waals surface area contributed by atoms with Crippen LogP contribution >= 0.6 is 0 Å². The molecule has 0 radical (unpaired) electrons. The van der Waals surface area contributed by atoms with E-state index in [2.05, 4.69) is 26.1 Å². The smallest absolute Gasteiger partial charge is 0.255 e. The standard InChI is InChI=1S/C18H34N2O2/c1-17(2,3)19-14-18(22)11-7-12-20(16(18)21)13-10-15-8-5-4-6-9-15/h15,19,22H,4-14H2,1-3H3/t18-/m0/s1. The minimum atomic E-state index is -1.21. The van der Waals surface area contributed by atoms with Crippen molar-refractivity contribution in [2.75, 3.05) is 19.6 Å². The number of likely N-dealkylation sites (tertiary alicyclic amines) is 1. The maximum Gasteiger partial charge on any atom is 0.255 e. The van der Waals surface area contributed by atoms with Crippen LogP contribution in [0.5, 0.6) is 0 Å². The summed E-state index contributed by atoms with van der Waals surface area (Å²) in [7, 11) is 0. The molecule has 0 spiro atoms. The summed E-state index contributed by atoms with van der Waals surface area (Å²) in [5.74, 6) is 0.718. The molecule has 1 saturated heterocycles. The molecule has 0 aromatic rings. The normalized spacial score (nSPS) is 28.2. The van der Waals surface area contributed by atoms with Crippen molar-refractivity contribution < 1.29 is 9.90 Å². The Morgan fingerprint density at radius 3 is 2.55 bits per heavy atom. The minimum Gasteiger partial charge on any atom is -0.379 e. The second kappa shape index (κ2) is 7.31. The Balaban J connectivity index is 1.85. The second-order valence-corrected chi connectivity index (χ2v) is 8.32. The van der Waals surface area contributed by atoms with Crippen molar-refractivity contribution in [3.8, 4) is 0 Å². The molecule has 2 rings (SSSR count). The molecule has 2 fully saturated rings. The maximum absolute atomic E-state index is 12.7. The average molecular weight is 310 g/mol. The molecule has 128 valence electrons. The van der Waals surface area contributed by atoms with Gasteiger partial charge in [-0.15, -0.1) is 0 Å². The van der Waals surface area contributed by atoms with Gasteiger partial charge in [0.2, 0.25) is 0 Å². The van der Waals surface area contributed by atoms with Crippen molar-refractivity contribution in [2.45, 2.75) is 83.3 Å². The van der Waals surface area contributed by atoms with E-state index < -0.39 is 5.60 Å². The molecule has 0 bridgehead atoms. The molecule has 4 nitrogen and oxygen atoms in total. The highest BCUT2D eigenvalue weighted by Crippen LogP contribution is 2.28. The number of nitrogens with zero attached hydrogens (tertiary/aromatic N) is 1. The van der Waals surface area contributed by atoms with Gasteiger partial charge in [-0.1, -0.05) is 32.1 Å². The van der Waals surface area contributed by atoms with Gasteiger partial charge in [0, 0.05) is 25.2 Å². The Kier molecular flexibility index (Phi) is 5.89. The predicted octanol–water partition coefficient (Wildman–Crippen LogP) is 2.70. The van der Waals surface area contributed by atoms with E-state index in [1.54, 1.807) is 0 Å². The summed E-state index contributed by atoms with van der Waals surface area (Å²) in [6.45, 7) is 8.17. The number of rotatable bonds is 5. The number of hydrogen-bond acceptors (Lipinski definition) is 3. The molecular formula is C18H34N2O2. The molecular weight excluding hydrogens is 276 g/mol. The number of nitrogens with one attached hydrogen (secondary N) is 1. The van der Waals surface area contributed by atoms with E-state index in [4.69, 9.17) is 0 Å². The highest BCUT2D eigenvalue weighted by atomic mass is 16.3. The van der Waals surface area contributed by atoms with Crippen LogP contribution in [0.3, 0.4) is 0 Å². The van der Waals surface area contributed by atoms with Gasteiger partial charge in [-0.3, -0.25) is 4.79 Å². The molecule has 1 aliphatic heterocycles. The Hall–Kier alpha value is -0.610. The van der Waals surface area contributed by atoms with E-state index in [0.717, 1.165) is 31.8 Å². The Morgan fingerprint density at radius 2 is 1.91 bits per heavy atom. The van der Waals surface area contributed by atoms with E-state index in [1.165, 1.54) is 32.1 Å². The van der Waals surface area contributed by atoms with E-state index in [-0.39, 0.29) is 11.4 Å². The summed E-state index contributed by atoms with van der Waals surface area (Å²) < 4.78 is 0. The van der Waals surface area contributed by atoms with Crippen molar-refractivity contribution >= 4 is 5.91 Å². The van der Waals surface area contributed by atoms with Gasteiger partial charge in [-0.2, -0.15) is 0 Å². The van der Waals surface area contributed by atoms with Crippen LogP contribution < -0.4 is 5.32 Å². The average Bonchev–Trinajstić information content (AvgIpc) is 2.47. The monoisotopic (exact) mass is 310 g/mol. The molecule has 1 saturated carbocycles. The minimum absolute atomic E-state index is 0.0636. The van der Waals surface area contributed by atoms with E-state index in [0.29, 0.717) is 13.0 Å². The number of amides is 1. The second-order valence-electron chi connectivity index (χ2n) is 8.32. The Bertz CT molecular complexity index is 372. The lowest BCUT2D eigenvalue weighted by Crippen LogP contribution is -2.60. The summed E-state index contributed by atoms with van der Waals surface area (Å²) in [5.41, 5.74) is -1.29. The van der Waals surface area contributed by atoms with Crippen LogP contribution in [0.1, 0.15) is 72.1 Å². The number of piperidine rings is 1. The predicted molar refractivity (Wildman–Crippen MR) is 89.7 cm³/mol. The first-order valence-electron chi connectivity index (χ1n) is 9.07. The Labute approximate surface area is 135 Å². The lowest BCUT2D eigenvalue weighted by molar-refractivity contribution is -0.157. The van der Waals surface area contributed by atoms with Crippen LogP contribution in [0.2, 0.25) is 0 Å². The summed E-state index contributed by atoms with van der Waals surface area (Å²) >= 11 is 0. The van der Waals surface area contributed by atoms with Crippen LogP contribution in [0.25, 0.3) is 0 Å². The van der Waals surface area contributed by atoms with Gasteiger partial charge < -0.3 is 15.3 Å². The number of aliphatic hydroxyl groups is 1. The topological polar surface area (TPSA) is 52.6 Å². The Morgan fingerprint density at radius 1 is 1.23 bits per heavy atom. The third-order valence-corrected chi connectivity index (χ3v) is 5.15. The van der Waals surface area contributed by atoms with Crippen molar-refractivity contribution in [3.63, 3.8) is 0 Å². The molecule has 0 aromatic carbocycles. The van der Waals surface area contributed by atoms with Crippen LogP contribution in [0.4, 0.5) is 0 Å². The number of carbonyl (C=O) groups is 1. The van der Waals surface area contributed by atoms with E-state index >= 15 is 0 Å². The molecule has 0 aromatic heterocycles. The maximum atomic E-state index is 12.7. The third-order valence-electron chi connectivity index (χ3n) is 5.15. The highest BCUT2D eigenvalue weighted by Gasteiger charge is 2.42. The fourth-order valence-corrected chi connectivity index (χ4v) is 3.67. The molecule has 1 atom stereocenters. The summed E-state index contributed by atoms with van der Waals surface area (Å²) in [5, 5.41) is 14.0.